The summed E-state index contributed by atoms with van der Waals surface area (Å²) in [6.07, 6.45) is 1.26. The Kier molecular flexibility index (Phi) is 5.49. The van der Waals surface area contributed by atoms with Crippen molar-refractivity contribution in [2.45, 2.75) is 41.2 Å². The molecule has 6 heteroatoms. The van der Waals surface area contributed by atoms with Crippen LogP contribution in [0.3, 0.4) is 0 Å². The van der Waals surface area contributed by atoms with E-state index in [9.17, 15) is 9.59 Å². The van der Waals surface area contributed by atoms with Crippen molar-refractivity contribution >= 4 is 11.9 Å². The van der Waals surface area contributed by atoms with Crippen LogP contribution < -0.4 is 5.32 Å². The molecule has 1 N–H and O–H groups in total. The molecule has 1 aromatic rings. The molecule has 0 fully saturated rings. The van der Waals surface area contributed by atoms with Gasteiger partial charge in [0.25, 0.3) is 5.91 Å². The van der Waals surface area contributed by atoms with E-state index in [4.69, 9.17) is 4.74 Å². The molecule has 6 nitrogen and oxygen atoms in total. The van der Waals surface area contributed by atoms with Crippen LogP contribution in [0.5, 0.6) is 0 Å². The number of esters is 1. The Morgan fingerprint density at radius 3 is 2.50 bits per heavy atom. The highest BCUT2D eigenvalue weighted by Gasteiger charge is 2.18. The molecule has 0 saturated heterocycles. The molecule has 1 aromatic heterocycles. The lowest BCUT2D eigenvalue weighted by Gasteiger charge is -2.06. The highest BCUT2D eigenvalue weighted by atomic mass is 16.5. The van der Waals surface area contributed by atoms with Crippen LogP contribution in [0, 0.1) is 13.8 Å². The number of carbonyl (C=O) groups excluding carboxylic acids is 2. The minimum atomic E-state index is -0.469. The molecule has 1 amide bonds. The second kappa shape index (κ2) is 6.88. The van der Waals surface area contributed by atoms with Gasteiger partial charge in [-0.05, 0) is 34.6 Å². The molecule has 0 bridgehead atoms. The molecule has 0 saturated carbocycles. The van der Waals surface area contributed by atoms with Crippen molar-refractivity contribution in [3.05, 3.63) is 28.7 Å². The van der Waals surface area contributed by atoms with Gasteiger partial charge in [-0.15, -0.1) is 0 Å². The molecular weight excluding hydrogens is 258 g/mol. The van der Waals surface area contributed by atoms with Gasteiger partial charge in [0.05, 0.1) is 17.9 Å². The maximum atomic E-state index is 12.2. The van der Waals surface area contributed by atoms with E-state index in [0.717, 1.165) is 5.69 Å². The zero-order valence-electron chi connectivity index (χ0n) is 12.6. The zero-order valence-corrected chi connectivity index (χ0v) is 12.6. The van der Waals surface area contributed by atoms with Crippen LogP contribution in [-0.4, -0.2) is 28.3 Å². The van der Waals surface area contributed by atoms with E-state index in [2.05, 4.69) is 10.4 Å². The van der Waals surface area contributed by atoms with Gasteiger partial charge in [-0.3, -0.25) is 9.48 Å². The number of aryl methyl sites for hydroxylation is 2. The van der Waals surface area contributed by atoms with Crippen LogP contribution >= 0.6 is 0 Å². The predicted octanol–water partition coefficient (Wildman–Crippen LogP) is 1.72. The number of allylic oxidation sites excluding steroid dienone is 1. The van der Waals surface area contributed by atoms with Crippen LogP contribution in [0.1, 0.15) is 42.5 Å². The molecule has 1 heterocycles. The summed E-state index contributed by atoms with van der Waals surface area (Å²) in [6.45, 7) is 9.99. The summed E-state index contributed by atoms with van der Waals surface area (Å²) in [5, 5.41) is 6.96. The molecule has 0 unspecified atom stereocenters. The second-order valence-electron chi connectivity index (χ2n) is 4.40. The van der Waals surface area contributed by atoms with Crippen molar-refractivity contribution in [1.82, 2.24) is 15.1 Å². The quantitative estimate of drug-likeness (QED) is 0.658. The topological polar surface area (TPSA) is 73.2 Å². The summed E-state index contributed by atoms with van der Waals surface area (Å²) in [4.78, 5) is 23.5. The third-order valence-corrected chi connectivity index (χ3v) is 2.84. The standard InChI is InChI=1S/C14H21N3O3/c1-6-17-11(5)13(10(4)16-17)14(19)15-9(3)8-12(18)20-7-2/h8H,6-7H2,1-5H3,(H,15,19)/b9-8+. The van der Waals surface area contributed by atoms with Crippen LogP contribution in [0.15, 0.2) is 11.8 Å². The fourth-order valence-corrected chi connectivity index (χ4v) is 1.97. The number of hydrogen-bond acceptors (Lipinski definition) is 4. The molecular formula is C14H21N3O3. The number of carbonyl (C=O) groups is 2. The van der Waals surface area contributed by atoms with Crippen molar-refractivity contribution in [1.29, 1.82) is 0 Å². The molecule has 0 aliphatic rings. The lowest BCUT2D eigenvalue weighted by Crippen LogP contribution is -2.23. The minimum Gasteiger partial charge on any atom is -0.463 e. The third kappa shape index (κ3) is 3.69. The van der Waals surface area contributed by atoms with Crippen LogP contribution in [-0.2, 0) is 16.1 Å². The number of nitrogens with zero attached hydrogens (tertiary/aromatic N) is 2. The number of hydrogen-bond donors (Lipinski definition) is 1. The first-order valence-electron chi connectivity index (χ1n) is 6.61. The van der Waals surface area contributed by atoms with Crippen LogP contribution in [0.2, 0.25) is 0 Å². The smallest absolute Gasteiger partial charge is 0.332 e. The number of aromatic nitrogens is 2. The van der Waals surface area contributed by atoms with Gasteiger partial charge in [-0.1, -0.05) is 0 Å². The molecule has 110 valence electrons. The number of amides is 1. The Hall–Kier alpha value is -2.11. The Bertz CT molecular complexity index is 544. The molecule has 0 radical (unpaired) electrons. The maximum absolute atomic E-state index is 12.2. The van der Waals surface area contributed by atoms with Gasteiger partial charge in [0.15, 0.2) is 0 Å². The van der Waals surface area contributed by atoms with Gasteiger partial charge in [0.1, 0.15) is 0 Å². The van der Waals surface area contributed by atoms with E-state index < -0.39 is 5.97 Å². The van der Waals surface area contributed by atoms with E-state index in [1.165, 1.54) is 6.08 Å². The summed E-state index contributed by atoms with van der Waals surface area (Å²) in [5.41, 5.74) is 2.47. The van der Waals surface area contributed by atoms with Crippen molar-refractivity contribution in [3.8, 4) is 0 Å². The fraction of sp³-hybridized carbons (Fsp3) is 0.500. The van der Waals surface area contributed by atoms with Crippen molar-refractivity contribution in [2.24, 2.45) is 0 Å². The van der Waals surface area contributed by atoms with E-state index >= 15 is 0 Å². The molecule has 0 aliphatic heterocycles. The lowest BCUT2D eigenvalue weighted by atomic mass is 10.2. The lowest BCUT2D eigenvalue weighted by molar-refractivity contribution is -0.137. The van der Waals surface area contributed by atoms with Crippen LogP contribution in [0.4, 0.5) is 0 Å². The average Bonchev–Trinajstić information content (AvgIpc) is 2.63. The molecule has 0 spiro atoms. The summed E-state index contributed by atoms with van der Waals surface area (Å²) < 4.78 is 6.56. The summed E-state index contributed by atoms with van der Waals surface area (Å²) in [7, 11) is 0. The predicted molar refractivity (Wildman–Crippen MR) is 75.2 cm³/mol. The normalized spacial score (nSPS) is 11.3. The molecule has 0 aliphatic carbocycles. The monoisotopic (exact) mass is 279 g/mol. The molecule has 0 atom stereocenters. The zero-order chi connectivity index (χ0) is 15.3. The summed E-state index contributed by atoms with van der Waals surface area (Å²) in [5.74, 6) is -0.735. The third-order valence-electron chi connectivity index (χ3n) is 2.84. The molecule has 20 heavy (non-hydrogen) atoms. The second-order valence-corrected chi connectivity index (χ2v) is 4.40. The Morgan fingerprint density at radius 1 is 1.35 bits per heavy atom. The van der Waals surface area contributed by atoms with Gasteiger partial charge in [0.2, 0.25) is 0 Å². The van der Waals surface area contributed by atoms with Gasteiger partial charge < -0.3 is 10.1 Å². The Balaban J connectivity index is 2.87. The van der Waals surface area contributed by atoms with Gasteiger partial charge >= 0.3 is 5.97 Å². The van der Waals surface area contributed by atoms with Gasteiger partial charge in [0, 0.05) is 24.0 Å². The number of ether oxygens (including phenoxy) is 1. The largest absolute Gasteiger partial charge is 0.463 e. The Labute approximate surface area is 118 Å². The summed E-state index contributed by atoms with van der Waals surface area (Å²) in [6, 6.07) is 0. The van der Waals surface area contributed by atoms with Gasteiger partial charge in [-0.25, -0.2) is 4.79 Å². The summed E-state index contributed by atoms with van der Waals surface area (Å²) >= 11 is 0. The highest BCUT2D eigenvalue weighted by molar-refractivity contribution is 5.98. The van der Waals surface area contributed by atoms with E-state index in [1.807, 2.05) is 13.8 Å². The Morgan fingerprint density at radius 2 is 2.00 bits per heavy atom. The fourth-order valence-electron chi connectivity index (χ4n) is 1.97. The highest BCUT2D eigenvalue weighted by Crippen LogP contribution is 2.13. The van der Waals surface area contributed by atoms with E-state index in [1.54, 1.807) is 25.5 Å². The number of rotatable bonds is 5. The minimum absolute atomic E-state index is 0.266. The van der Waals surface area contributed by atoms with Crippen molar-refractivity contribution < 1.29 is 14.3 Å². The van der Waals surface area contributed by atoms with Crippen molar-refractivity contribution in [2.75, 3.05) is 6.61 Å². The first-order valence-corrected chi connectivity index (χ1v) is 6.61. The first kappa shape index (κ1) is 15.9. The van der Waals surface area contributed by atoms with Crippen LogP contribution in [0.25, 0.3) is 0 Å². The van der Waals surface area contributed by atoms with Gasteiger partial charge in [-0.2, -0.15) is 5.10 Å². The molecule has 1 rings (SSSR count). The first-order chi connectivity index (χ1) is 9.40. The number of nitrogens with one attached hydrogen (secondary N) is 1. The maximum Gasteiger partial charge on any atom is 0.332 e. The SMILES string of the molecule is CCOC(=O)/C=C(\C)NC(=O)c1c(C)nn(CC)c1C. The van der Waals surface area contributed by atoms with E-state index in [-0.39, 0.29) is 5.91 Å². The molecule has 0 aromatic carbocycles. The van der Waals surface area contributed by atoms with E-state index in [0.29, 0.717) is 30.1 Å². The van der Waals surface area contributed by atoms with Crippen molar-refractivity contribution in [3.63, 3.8) is 0 Å². The average molecular weight is 279 g/mol.